The average molecular weight is 268 g/mol. The van der Waals surface area contributed by atoms with Crippen LogP contribution in [0.5, 0.6) is 0 Å². The summed E-state index contributed by atoms with van der Waals surface area (Å²) in [5.41, 5.74) is 3.54. The van der Waals surface area contributed by atoms with Crippen LogP contribution in [-0.2, 0) is 6.54 Å². The molecule has 0 aliphatic carbocycles. The Balaban J connectivity index is 1.65. The Hall–Kier alpha value is -1.81. The van der Waals surface area contributed by atoms with Gasteiger partial charge in [0.15, 0.2) is 0 Å². The summed E-state index contributed by atoms with van der Waals surface area (Å²) < 4.78 is 0. The SMILES string of the molecule is Cc1ccc(CN2CCC[C@H](c3ccncn3)C2)cn1. The maximum atomic E-state index is 4.41. The minimum absolute atomic E-state index is 0.533. The molecule has 0 unspecified atom stereocenters. The molecule has 0 saturated carbocycles. The van der Waals surface area contributed by atoms with Gasteiger partial charge in [-0.05, 0) is 44.0 Å². The van der Waals surface area contributed by atoms with Crippen LogP contribution in [0, 0.1) is 6.92 Å². The third kappa shape index (κ3) is 3.20. The molecule has 0 aromatic carbocycles. The van der Waals surface area contributed by atoms with Crippen LogP contribution in [0.15, 0.2) is 36.9 Å². The highest BCUT2D eigenvalue weighted by Gasteiger charge is 2.22. The molecule has 0 amide bonds. The lowest BCUT2D eigenvalue weighted by molar-refractivity contribution is 0.198. The molecule has 0 N–H and O–H groups in total. The normalized spacial score (nSPS) is 19.9. The second-order valence-corrected chi connectivity index (χ2v) is 5.52. The van der Waals surface area contributed by atoms with E-state index in [0.717, 1.165) is 25.3 Å². The van der Waals surface area contributed by atoms with Gasteiger partial charge in [0.05, 0.1) is 0 Å². The van der Waals surface area contributed by atoms with Gasteiger partial charge in [-0.2, -0.15) is 0 Å². The summed E-state index contributed by atoms with van der Waals surface area (Å²) in [5, 5.41) is 0. The minimum atomic E-state index is 0.533. The monoisotopic (exact) mass is 268 g/mol. The Labute approximate surface area is 119 Å². The molecule has 0 bridgehead atoms. The highest BCUT2D eigenvalue weighted by Crippen LogP contribution is 2.25. The molecule has 2 aromatic heterocycles. The van der Waals surface area contributed by atoms with Gasteiger partial charge in [-0.25, -0.2) is 9.97 Å². The van der Waals surface area contributed by atoms with Crippen LogP contribution in [0.25, 0.3) is 0 Å². The maximum Gasteiger partial charge on any atom is 0.115 e. The number of aryl methyl sites for hydroxylation is 1. The molecule has 1 fully saturated rings. The Kier molecular flexibility index (Phi) is 4.02. The van der Waals surface area contributed by atoms with Crippen molar-refractivity contribution in [3.8, 4) is 0 Å². The highest BCUT2D eigenvalue weighted by atomic mass is 15.1. The van der Waals surface area contributed by atoms with E-state index >= 15 is 0 Å². The van der Waals surface area contributed by atoms with Crippen LogP contribution in [-0.4, -0.2) is 32.9 Å². The molecule has 3 heterocycles. The standard InChI is InChI=1S/C16H20N4/c1-13-4-5-14(9-18-13)10-20-8-2-3-15(11-20)16-6-7-17-12-19-16/h4-7,9,12,15H,2-3,8,10-11H2,1H3/t15-/m0/s1. The number of piperidine rings is 1. The van der Waals surface area contributed by atoms with Crippen LogP contribution >= 0.6 is 0 Å². The molecule has 1 aliphatic heterocycles. The first-order chi connectivity index (χ1) is 9.81. The highest BCUT2D eigenvalue weighted by molar-refractivity contribution is 5.14. The third-order valence-electron chi connectivity index (χ3n) is 3.91. The predicted molar refractivity (Wildman–Crippen MR) is 78.3 cm³/mol. The zero-order valence-corrected chi connectivity index (χ0v) is 11.9. The van der Waals surface area contributed by atoms with E-state index in [1.54, 1.807) is 6.33 Å². The molecular formula is C16H20N4. The quantitative estimate of drug-likeness (QED) is 0.858. The van der Waals surface area contributed by atoms with Crippen molar-refractivity contribution in [2.45, 2.75) is 32.2 Å². The largest absolute Gasteiger partial charge is 0.298 e. The summed E-state index contributed by atoms with van der Waals surface area (Å²) in [4.78, 5) is 15.3. The lowest BCUT2D eigenvalue weighted by Crippen LogP contribution is -2.34. The van der Waals surface area contributed by atoms with E-state index in [9.17, 15) is 0 Å². The number of rotatable bonds is 3. The number of hydrogen-bond acceptors (Lipinski definition) is 4. The lowest BCUT2D eigenvalue weighted by atomic mass is 9.94. The Morgan fingerprint density at radius 1 is 1.25 bits per heavy atom. The minimum Gasteiger partial charge on any atom is -0.298 e. The lowest BCUT2D eigenvalue weighted by Gasteiger charge is -2.32. The van der Waals surface area contributed by atoms with Gasteiger partial charge >= 0.3 is 0 Å². The second kappa shape index (κ2) is 6.09. The number of hydrogen-bond donors (Lipinski definition) is 0. The molecule has 3 rings (SSSR count). The first-order valence-electron chi connectivity index (χ1n) is 7.21. The predicted octanol–water partition coefficient (Wildman–Crippen LogP) is 2.56. The molecule has 0 radical (unpaired) electrons. The van der Waals surface area contributed by atoms with E-state index in [2.05, 4.69) is 32.0 Å². The van der Waals surface area contributed by atoms with Crippen LogP contribution in [0.2, 0.25) is 0 Å². The van der Waals surface area contributed by atoms with Gasteiger partial charge in [-0.15, -0.1) is 0 Å². The summed E-state index contributed by atoms with van der Waals surface area (Å²) in [6.45, 7) is 5.24. The number of aromatic nitrogens is 3. The van der Waals surface area contributed by atoms with Crippen LogP contribution < -0.4 is 0 Å². The van der Waals surface area contributed by atoms with Crippen molar-refractivity contribution in [2.75, 3.05) is 13.1 Å². The fourth-order valence-electron chi connectivity index (χ4n) is 2.83. The summed E-state index contributed by atoms with van der Waals surface area (Å²) in [5.74, 6) is 0.533. The summed E-state index contributed by atoms with van der Waals surface area (Å²) in [7, 11) is 0. The van der Waals surface area contributed by atoms with E-state index in [1.165, 1.54) is 24.1 Å². The fraction of sp³-hybridized carbons (Fsp3) is 0.438. The van der Waals surface area contributed by atoms with Gasteiger partial charge < -0.3 is 0 Å². The van der Waals surface area contributed by atoms with E-state index < -0.39 is 0 Å². The summed E-state index contributed by atoms with van der Waals surface area (Å²) in [6, 6.07) is 6.30. The van der Waals surface area contributed by atoms with Gasteiger partial charge in [0, 0.05) is 42.8 Å². The molecule has 0 spiro atoms. The van der Waals surface area contributed by atoms with Crippen molar-refractivity contribution in [3.05, 3.63) is 53.9 Å². The zero-order chi connectivity index (χ0) is 13.8. The zero-order valence-electron chi connectivity index (χ0n) is 11.9. The van der Waals surface area contributed by atoms with Crippen LogP contribution in [0.1, 0.15) is 35.7 Å². The topological polar surface area (TPSA) is 41.9 Å². The van der Waals surface area contributed by atoms with Crippen LogP contribution in [0.3, 0.4) is 0 Å². The fourth-order valence-corrected chi connectivity index (χ4v) is 2.83. The molecule has 104 valence electrons. The van der Waals surface area contributed by atoms with Gasteiger partial charge in [-0.3, -0.25) is 9.88 Å². The van der Waals surface area contributed by atoms with Gasteiger partial charge in [0.1, 0.15) is 6.33 Å². The van der Waals surface area contributed by atoms with E-state index in [1.807, 2.05) is 25.4 Å². The molecule has 1 saturated heterocycles. The summed E-state index contributed by atoms with van der Waals surface area (Å²) >= 11 is 0. The first kappa shape index (κ1) is 13.2. The molecule has 4 heteroatoms. The Morgan fingerprint density at radius 3 is 2.95 bits per heavy atom. The molecule has 1 atom stereocenters. The van der Waals surface area contributed by atoms with Gasteiger partial charge in [-0.1, -0.05) is 6.07 Å². The molecule has 1 aliphatic rings. The van der Waals surface area contributed by atoms with Crippen molar-refractivity contribution < 1.29 is 0 Å². The Bertz CT molecular complexity index is 538. The average Bonchev–Trinajstić information content (AvgIpc) is 2.51. The van der Waals surface area contributed by atoms with Crippen molar-refractivity contribution in [1.82, 2.24) is 19.9 Å². The number of likely N-dealkylation sites (tertiary alicyclic amines) is 1. The third-order valence-corrected chi connectivity index (χ3v) is 3.91. The second-order valence-electron chi connectivity index (χ2n) is 5.52. The van der Waals surface area contributed by atoms with Gasteiger partial charge in [0.2, 0.25) is 0 Å². The molecule has 4 nitrogen and oxygen atoms in total. The van der Waals surface area contributed by atoms with Gasteiger partial charge in [0.25, 0.3) is 0 Å². The number of nitrogens with zero attached hydrogens (tertiary/aromatic N) is 4. The smallest absolute Gasteiger partial charge is 0.115 e. The van der Waals surface area contributed by atoms with E-state index in [4.69, 9.17) is 0 Å². The first-order valence-corrected chi connectivity index (χ1v) is 7.21. The number of pyridine rings is 1. The summed E-state index contributed by atoms with van der Waals surface area (Å²) in [6.07, 6.45) is 7.93. The van der Waals surface area contributed by atoms with E-state index in [0.29, 0.717) is 5.92 Å². The van der Waals surface area contributed by atoms with Crippen LogP contribution in [0.4, 0.5) is 0 Å². The molecular weight excluding hydrogens is 248 g/mol. The van der Waals surface area contributed by atoms with Crippen molar-refractivity contribution >= 4 is 0 Å². The molecule has 20 heavy (non-hydrogen) atoms. The Morgan fingerprint density at radius 2 is 2.20 bits per heavy atom. The van der Waals surface area contributed by atoms with E-state index in [-0.39, 0.29) is 0 Å². The molecule has 2 aromatic rings. The maximum absolute atomic E-state index is 4.41. The van der Waals surface area contributed by atoms with Crippen molar-refractivity contribution in [3.63, 3.8) is 0 Å². The van der Waals surface area contributed by atoms with Crippen molar-refractivity contribution in [1.29, 1.82) is 0 Å². The van der Waals surface area contributed by atoms with Crippen molar-refractivity contribution in [2.24, 2.45) is 0 Å².